The molecule has 0 aromatic heterocycles. The quantitative estimate of drug-likeness (QED) is 0.784. The average molecular weight is 236 g/mol. The van der Waals surface area contributed by atoms with Gasteiger partial charge >= 0.3 is 6.18 Å². The van der Waals surface area contributed by atoms with Gasteiger partial charge in [-0.2, -0.15) is 13.2 Å². The molecule has 1 nitrogen and oxygen atoms in total. The predicted molar refractivity (Wildman–Crippen MR) is 53.2 cm³/mol. The zero-order valence-electron chi connectivity index (χ0n) is 7.74. The summed E-state index contributed by atoms with van der Waals surface area (Å²) in [6.07, 6.45) is -4.57. The molecule has 1 aromatic rings. The molecule has 1 unspecified atom stereocenters. The van der Waals surface area contributed by atoms with Gasteiger partial charge in [0.2, 0.25) is 0 Å². The zero-order chi connectivity index (χ0) is 11.1. The van der Waals surface area contributed by atoms with Crippen LogP contribution in [-0.4, -0.2) is 12.2 Å². The Bertz CT molecular complexity index is 375. The summed E-state index contributed by atoms with van der Waals surface area (Å²) in [5.74, 6) is 0. The number of rotatable bonds is 1. The maximum Gasteiger partial charge on any atom is 0.391 e. The van der Waals surface area contributed by atoms with Crippen molar-refractivity contribution in [2.24, 2.45) is 0 Å². The van der Waals surface area contributed by atoms with E-state index in [0.717, 1.165) is 5.56 Å². The number of nitrogens with one attached hydrogen (secondary N) is 1. The predicted octanol–water partition coefficient (Wildman–Crippen LogP) is 3.63. The number of para-hydroxylation sites is 1. The largest absolute Gasteiger partial charge is 0.391 e. The molecule has 0 bridgehead atoms. The third kappa shape index (κ3) is 2.37. The van der Waals surface area contributed by atoms with Gasteiger partial charge < -0.3 is 5.32 Å². The molecule has 1 aliphatic rings. The number of benzene rings is 1. The van der Waals surface area contributed by atoms with Gasteiger partial charge in [-0.3, -0.25) is 0 Å². The van der Waals surface area contributed by atoms with Gasteiger partial charge in [-0.15, -0.1) is 0 Å². The number of halogens is 4. The van der Waals surface area contributed by atoms with Gasteiger partial charge in [0.25, 0.3) is 0 Å². The smallest absolute Gasteiger partial charge is 0.380 e. The van der Waals surface area contributed by atoms with E-state index >= 15 is 0 Å². The highest BCUT2D eigenvalue weighted by Gasteiger charge is 2.35. The average Bonchev–Trinajstić information content (AvgIpc) is 2.45. The Morgan fingerprint density at radius 2 is 2.13 bits per heavy atom. The van der Waals surface area contributed by atoms with Crippen LogP contribution in [0.3, 0.4) is 0 Å². The lowest BCUT2D eigenvalue weighted by atomic mass is 10.1. The zero-order valence-corrected chi connectivity index (χ0v) is 8.49. The van der Waals surface area contributed by atoms with E-state index in [9.17, 15) is 13.2 Å². The van der Waals surface area contributed by atoms with E-state index in [1.54, 1.807) is 18.2 Å². The summed E-state index contributed by atoms with van der Waals surface area (Å²) in [7, 11) is 0. The summed E-state index contributed by atoms with van der Waals surface area (Å²) < 4.78 is 36.5. The number of hydrogen-bond donors (Lipinski definition) is 1. The van der Waals surface area contributed by atoms with Crippen LogP contribution in [0.5, 0.6) is 0 Å². The highest BCUT2D eigenvalue weighted by molar-refractivity contribution is 6.33. The molecule has 0 radical (unpaired) electrons. The van der Waals surface area contributed by atoms with Crippen molar-refractivity contribution in [2.45, 2.75) is 25.1 Å². The van der Waals surface area contributed by atoms with E-state index in [1.165, 1.54) is 0 Å². The molecule has 0 aliphatic carbocycles. The Morgan fingerprint density at radius 3 is 2.73 bits per heavy atom. The highest BCUT2D eigenvalue weighted by Crippen LogP contribution is 2.36. The minimum atomic E-state index is -4.13. The van der Waals surface area contributed by atoms with Crippen molar-refractivity contribution in [3.63, 3.8) is 0 Å². The third-order valence-electron chi connectivity index (χ3n) is 2.39. The minimum absolute atomic E-state index is 0.384. The normalized spacial score (nSPS) is 19.9. The maximum absolute atomic E-state index is 12.2. The van der Waals surface area contributed by atoms with Gasteiger partial charge in [0.05, 0.1) is 17.1 Å². The summed E-state index contributed by atoms with van der Waals surface area (Å²) in [5.41, 5.74) is 1.50. The first-order valence-corrected chi connectivity index (χ1v) is 4.94. The number of fused-ring (bicyclic) bond motifs is 1. The Labute approximate surface area is 90.2 Å². The first kappa shape index (κ1) is 10.6. The minimum Gasteiger partial charge on any atom is -0.380 e. The van der Waals surface area contributed by atoms with Crippen LogP contribution in [0, 0.1) is 0 Å². The summed E-state index contributed by atoms with van der Waals surface area (Å²) in [5, 5.41) is 3.29. The van der Waals surface area contributed by atoms with Crippen LogP contribution in [-0.2, 0) is 6.42 Å². The molecular formula is C10H9ClF3N. The van der Waals surface area contributed by atoms with E-state index in [4.69, 9.17) is 11.6 Å². The molecule has 15 heavy (non-hydrogen) atoms. The molecule has 0 saturated carbocycles. The van der Waals surface area contributed by atoms with E-state index < -0.39 is 18.6 Å². The monoisotopic (exact) mass is 235 g/mol. The van der Waals surface area contributed by atoms with Crippen LogP contribution < -0.4 is 5.32 Å². The summed E-state index contributed by atoms with van der Waals surface area (Å²) >= 11 is 5.86. The summed E-state index contributed by atoms with van der Waals surface area (Å²) in [6.45, 7) is 0. The molecule has 5 heteroatoms. The fourth-order valence-electron chi connectivity index (χ4n) is 1.82. The maximum atomic E-state index is 12.2. The van der Waals surface area contributed by atoms with Crippen LogP contribution in [0.1, 0.15) is 12.0 Å². The fourth-order valence-corrected chi connectivity index (χ4v) is 2.07. The van der Waals surface area contributed by atoms with E-state index in [0.29, 0.717) is 17.1 Å². The van der Waals surface area contributed by atoms with Crippen molar-refractivity contribution in [3.8, 4) is 0 Å². The molecule has 1 atom stereocenters. The van der Waals surface area contributed by atoms with Gasteiger partial charge in [-0.05, 0) is 18.1 Å². The van der Waals surface area contributed by atoms with Crippen molar-refractivity contribution in [3.05, 3.63) is 28.8 Å². The van der Waals surface area contributed by atoms with Crippen LogP contribution in [0.15, 0.2) is 18.2 Å². The van der Waals surface area contributed by atoms with Crippen molar-refractivity contribution in [1.82, 2.24) is 0 Å². The second-order valence-corrected chi connectivity index (χ2v) is 4.05. The molecule has 1 heterocycles. The summed E-state index contributed by atoms with van der Waals surface area (Å²) in [6, 6.07) is 4.63. The molecule has 1 aliphatic heterocycles. The lowest BCUT2D eigenvalue weighted by Crippen LogP contribution is -2.24. The Morgan fingerprint density at radius 1 is 1.40 bits per heavy atom. The molecule has 0 amide bonds. The fraction of sp³-hybridized carbons (Fsp3) is 0.400. The van der Waals surface area contributed by atoms with Gasteiger partial charge in [0, 0.05) is 6.04 Å². The summed E-state index contributed by atoms with van der Waals surface area (Å²) in [4.78, 5) is 0. The highest BCUT2D eigenvalue weighted by atomic mass is 35.5. The molecule has 0 fully saturated rings. The van der Waals surface area contributed by atoms with Crippen LogP contribution in [0.2, 0.25) is 5.02 Å². The second kappa shape index (κ2) is 3.59. The van der Waals surface area contributed by atoms with Crippen molar-refractivity contribution >= 4 is 17.3 Å². The molecular weight excluding hydrogens is 227 g/mol. The molecule has 1 N–H and O–H groups in total. The van der Waals surface area contributed by atoms with Gasteiger partial charge in [0.1, 0.15) is 0 Å². The molecule has 0 saturated heterocycles. The van der Waals surface area contributed by atoms with Crippen molar-refractivity contribution in [2.75, 3.05) is 5.32 Å². The number of hydrogen-bond acceptors (Lipinski definition) is 1. The van der Waals surface area contributed by atoms with Gasteiger partial charge in [-0.25, -0.2) is 0 Å². The van der Waals surface area contributed by atoms with Crippen molar-refractivity contribution < 1.29 is 13.2 Å². The van der Waals surface area contributed by atoms with Crippen LogP contribution >= 0.6 is 11.6 Å². The first-order valence-electron chi connectivity index (χ1n) is 4.56. The van der Waals surface area contributed by atoms with Crippen LogP contribution in [0.25, 0.3) is 0 Å². The Hall–Kier alpha value is -0.900. The van der Waals surface area contributed by atoms with E-state index in [-0.39, 0.29) is 0 Å². The van der Waals surface area contributed by atoms with E-state index in [1.807, 2.05) is 0 Å². The SMILES string of the molecule is FC(F)(F)CC1Cc2cccc(Cl)c2N1. The molecule has 1 aromatic carbocycles. The first-order chi connectivity index (χ1) is 6.96. The van der Waals surface area contributed by atoms with Crippen molar-refractivity contribution in [1.29, 1.82) is 0 Å². The topological polar surface area (TPSA) is 12.0 Å². The molecule has 82 valence electrons. The van der Waals surface area contributed by atoms with E-state index in [2.05, 4.69) is 5.32 Å². The van der Waals surface area contributed by atoms with Gasteiger partial charge in [0.15, 0.2) is 0 Å². The number of anilines is 1. The number of alkyl halides is 3. The molecule has 2 rings (SSSR count). The third-order valence-corrected chi connectivity index (χ3v) is 2.71. The lowest BCUT2D eigenvalue weighted by molar-refractivity contribution is -0.136. The second-order valence-electron chi connectivity index (χ2n) is 3.64. The standard InChI is InChI=1S/C10H9ClF3N/c11-8-3-1-2-6-4-7(15-9(6)8)5-10(12,13)14/h1-3,7,15H,4-5H2. The van der Waals surface area contributed by atoms with Gasteiger partial charge in [-0.1, -0.05) is 23.7 Å². The Balaban J connectivity index is 2.13. The lowest BCUT2D eigenvalue weighted by Gasteiger charge is -2.13. The van der Waals surface area contributed by atoms with Crippen LogP contribution in [0.4, 0.5) is 18.9 Å². The molecule has 0 spiro atoms. The Kier molecular flexibility index (Phi) is 2.54.